The van der Waals surface area contributed by atoms with Crippen molar-refractivity contribution in [2.45, 2.75) is 13.0 Å². The van der Waals surface area contributed by atoms with Crippen molar-refractivity contribution < 1.29 is 17.9 Å². The van der Waals surface area contributed by atoms with Gasteiger partial charge in [0.1, 0.15) is 11.5 Å². The van der Waals surface area contributed by atoms with E-state index in [1.807, 2.05) is 36.4 Å². The molecule has 0 radical (unpaired) electrons. The Morgan fingerprint density at radius 2 is 1.58 bits per heavy atom. The lowest BCUT2D eigenvalue weighted by Gasteiger charge is -2.29. The van der Waals surface area contributed by atoms with Crippen molar-refractivity contribution in [3.05, 3.63) is 83.9 Å². The lowest BCUT2D eigenvalue weighted by molar-refractivity contribution is 0.206. The first-order valence-electron chi connectivity index (χ1n) is 9.84. The number of nitrogens with one attached hydrogen (secondary N) is 2. The number of nitrogens with zero attached hydrogens (tertiary/aromatic N) is 1. The van der Waals surface area contributed by atoms with Crippen molar-refractivity contribution in [2.75, 3.05) is 22.8 Å². The SMILES string of the molecule is CS(=O)(=O)Nc1ccc2c(c1)CN(C(=O)Nc1ccc(Oc3ccccc3)cc1)CC2. The number of benzene rings is 3. The number of ether oxygens (including phenoxy) is 1. The molecule has 0 aromatic heterocycles. The number of carbonyl (C=O) groups is 1. The van der Waals surface area contributed by atoms with E-state index in [-0.39, 0.29) is 6.03 Å². The minimum atomic E-state index is -3.35. The van der Waals surface area contributed by atoms with E-state index in [0.717, 1.165) is 23.1 Å². The molecule has 2 amide bonds. The van der Waals surface area contributed by atoms with Gasteiger partial charge in [0.15, 0.2) is 0 Å². The smallest absolute Gasteiger partial charge is 0.322 e. The number of anilines is 2. The Bertz CT molecular complexity index is 1180. The Balaban J connectivity index is 1.39. The molecule has 3 aromatic carbocycles. The average Bonchev–Trinajstić information content (AvgIpc) is 2.74. The predicted octanol–water partition coefficient (Wildman–Crippen LogP) is 4.44. The van der Waals surface area contributed by atoms with Crippen LogP contribution in [0.25, 0.3) is 0 Å². The highest BCUT2D eigenvalue weighted by molar-refractivity contribution is 7.92. The van der Waals surface area contributed by atoms with E-state index in [9.17, 15) is 13.2 Å². The molecule has 31 heavy (non-hydrogen) atoms. The topological polar surface area (TPSA) is 87.7 Å². The van der Waals surface area contributed by atoms with E-state index >= 15 is 0 Å². The number of urea groups is 1. The first-order chi connectivity index (χ1) is 14.9. The summed E-state index contributed by atoms with van der Waals surface area (Å²) >= 11 is 0. The standard InChI is InChI=1S/C23H23N3O4S/c1-31(28,29)25-20-8-7-17-13-14-26(16-18(17)15-20)23(27)24-19-9-11-22(12-10-19)30-21-5-3-2-4-6-21/h2-12,15,25H,13-14,16H2,1H3,(H,24,27). The molecule has 0 bridgehead atoms. The summed E-state index contributed by atoms with van der Waals surface area (Å²) in [5, 5.41) is 2.91. The van der Waals surface area contributed by atoms with Gasteiger partial charge in [0, 0.05) is 24.5 Å². The van der Waals surface area contributed by atoms with Crippen LogP contribution in [0, 0.1) is 0 Å². The molecule has 3 aromatic rings. The van der Waals surface area contributed by atoms with Crippen molar-refractivity contribution in [3.63, 3.8) is 0 Å². The Morgan fingerprint density at radius 3 is 2.29 bits per heavy atom. The second kappa shape index (κ2) is 8.69. The van der Waals surface area contributed by atoms with Gasteiger partial charge in [-0.2, -0.15) is 0 Å². The quantitative estimate of drug-likeness (QED) is 0.618. The number of fused-ring (bicyclic) bond motifs is 1. The fraction of sp³-hybridized carbons (Fsp3) is 0.174. The second-order valence-electron chi connectivity index (χ2n) is 7.40. The first-order valence-corrected chi connectivity index (χ1v) is 11.7. The van der Waals surface area contributed by atoms with Crippen LogP contribution in [0.5, 0.6) is 11.5 Å². The van der Waals surface area contributed by atoms with Crippen molar-refractivity contribution in [1.82, 2.24) is 4.90 Å². The van der Waals surface area contributed by atoms with Crippen LogP contribution in [0.2, 0.25) is 0 Å². The van der Waals surface area contributed by atoms with Gasteiger partial charge in [-0.3, -0.25) is 4.72 Å². The third kappa shape index (κ3) is 5.55. The summed E-state index contributed by atoms with van der Waals surface area (Å²) in [5.74, 6) is 1.43. The van der Waals surface area contributed by atoms with Crippen LogP contribution in [0.1, 0.15) is 11.1 Å². The summed E-state index contributed by atoms with van der Waals surface area (Å²) in [6.45, 7) is 1.00. The van der Waals surface area contributed by atoms with E-state index in [4.69, 9.17) is 4.74 Å². The van der Waals surface area contributed by atoms with Gasteiger partial charge in [-0.15, -0.1) is 0 Å². The fourth-order valence-corrected chi connectivity index (χ4v) is 4.00. The van der Waals surface area contributed by atoms with Crippen LogP contribution >= 0.6 is 0 Å². The van der Waals surface area contributed by atoms with Crippen molar-refractivity contribution in [2.24, 2.45) is 0 Å². The molecule has 0 atom stereocenters. The van der Waals surface area contributed by atoms with Crippen LogP contribution in [0.15, 0.2) is 72.8 Å². The molecule has 2 N–H and O–H groups in total. The number of hydrogen-bond acceptors (Lipinski definition) is 4. The number of para-hydroxylation sites is 1. The van der Waals surface area contributed by atoms with E-state index in [1.54, 1.807) is 41.3 Å². The molecule has 0 spiro atoms. The number of carbonyl (C=O) groups excluding carboxylic acids is 1. The summed E-state index contributed by atoms with van der Waals surface area (Å²) < 4.78 is 31.2. The van der Waals surface area contributed by atoms with Crippen LogP contribution < -0.4 is 14.8 Å². The number of sulfonamides is 1. The predicted molar refractivity (Wildman–Crippen MR) is 121 cm³/mol. The van der Waals surface area contributed by atoms with Crippen LogP contribution in [-0.2, 0) is 23.0 Å². The van der Waals surface area contributed by atoms with Gasteiger partial charge in [0.05, 0.1) is 6.26 Å². The zero-order chi connectivity index (χ0) is 21.8. The zero-order valence-corrected chi connectivity index (χ0v) is 17.9. The molecule has 160 valence electrons. The van der Waals surface area contributed by atoms with Crippen LogP contribution in [-0.4, -0.2) is 32.1 Å². The van der Waals surface area contributed by atoms with Gasteiger partial charge in [-0.1, -0.05) is 24.3 Å². The maximum atomic E-state index is 12.7. The number of amides is 2. The fourth-order valence-electron chi connectivity index (χ4n) is 3.44. The van der Waals surface area contributed by atoms with Crippen molar-refractivity contribution in [3.8, 4) is 11.5 Å². The van der Waals surface area contributed by atoms with Gasteiger partial charge in [0.2, 0.25) is 10.0 Å². The summed E-state index contributed by atoms with van der Waals surface area (Å²) in [7, 11) is -3.35. The summed E-state index contributed by atoms with van der Waals surface area (Å²) in [6, 6.07) is 21.9. The Morgan fingerprint density at radius 1 is 0.903 bits per heavy atom. The van der Waals surface area contributed by atoms with Gasteiger partial charge in [-0.25, -0.2) is 13.2 Å². The summed E-state index contributed by atoms with van der Waals surface area (Å²) in [4.78, 5) is 14.4. The molecule has 1 aliphatic heterocycles. The normalized spacial score (nSPS) is 13.3. The van der Waals surface area contributed by atoms with Crippen LogP contribution in [0.4, 0.5) is 16.2 Å². The highest BCUT2D eigenvalue weighted by Gasteiger charge is 2.21. The first kappa shape index (κ1) is 20.7. The maximum Gasteiger partial charge on any atom is 0.322 e. The van der Waals surface area contributed by atoms with E-state index in [0.29, 0.717) is 36.6 Å². The molecule has 4 rings (SSSR count). The number of rotatable bonds is 5. The average molecular weight is 438 g/mol. The Hall–Kier alpha value is -3.52. The molecule has 0 saturated heterocycles. The molecule has 1 heterocycles. The highest BCUT2D eigenvalue weighted by Crippen LogP contribution is 2.25. The minimum absolute atomic E-state index is 0.205. The van der Waals surface area contributed by atoms with E-state index in [2.05, 4.69) is 10.0 Å². The van der Waals surface area contributed by atoms with Crippen LogP contribution in [0.3, 0.4) is 0 Å². The molecule has 1 aliphatic rings. The molecule has 7 nitrogen and oxygen atoms in total. The minimum Gasteiger partial charge on any atom is -0.457 e. The molecular formula is C23H23N3O4S. The van der Waals surface area contributed by atoms with E-state index < -0.39 is 10.0 Å². The lowest BCUT2D eigenvalue weighted by atomic mass is 9.99. The van der Waals surface area contributed by atoms with Crippen molar-refractivity contribution >= 4 is 27.4 Å². The van der Waals surface area contributed by atoms with E-state index in [1.165, 1.54) is 0 Å². The Labute approximate surface area is 181 Å². The maximum absolute atomic E-state index is 12.7. The molecule has 0 saturated carbocycles. The number of hydrogen-bond donors (Lipinski definition) is 2. The Kier molecular flexibility index (Phi) is 5.81. The molecule has 0 unspecified atom stereocenters. The summed E-state index contributed by atoms with van der Waals surface area (Å²) in [6.07, 6.45) is 1.83. The monoisotopic (exact) mass is 437 g/mol. The van der Waals surface area contributed by atoms with Gasteiger partial charge in [-0.05, 0) is 66.1 Å². The summed E-state index contributed by atoms with van der Waals surface area (Å²) in [5.41, 5.74) is 3.22. The third-order valence-corrected chi connectivity index (χ3v) is 5.50. The second-order valence-corrected chi connectivity index (χ2v) is 9.15. The third-order valence-electron chi connectivity index (χ3n) is 4.89. The van der Waals surface area contributed by atoms with Crippen molar-refractivity contribution in [1.29, 1.82) is 0 Å². The molecule has 0 fully saturated rings. The molecule has 0 aliphatic carbocycles. The van der Waals surface area contributed by atoms with Gasteiger partial charge in [0.25, 0.3) is 0 Å². The zero-order valence-electron chi connectivity index (χ0n) is 17.0. The molecule has 8 heteroatoms. The van der Waals surface area contributed by atoms with Gasteiger partial charge < -0.3 is 15.0 Å². The highest BCUT2D eigenvalue weighted by atomic mass is 32.2. The lowest BCUT2D eigenvalue weighted by Crippen LogP contribution is -2.38. The van der Waals surface area contributed by atoms with Gasteiger partial charge >= 0.3 is 6.03 Å². The molecular weight excluding hydrogens is 414 g/mol. The largest absolute Gasteiger partial charge is 0.457 e.